The molecular formula is C21H16ClN2O6-. The van der Waals surface area contributed by atoms with Gasteiger partial charge < -0.3 is 20.0 Å². The van der Waals surface area contributed by atoms with Crippen LogP contribution in [0.2, 0.25) is 0 Å². The Morgan fingerprint density at radius 1 is 1.03 bits per heavy atom. The van der Waals surface area contributed by atoms with Gasteiger partial charge in [-0.3, -0.25) is 9.59 Å². The number of aromatic carboxylic acids is 1. The van der Waals surface area contributed by atoms with Crippen molar-refractivity contribution in [1.29, 1.82) is 0 Å². The molecular weight excluding hydrogens is 412 g/mol. The van der Waals surface area contributed by atoms with Gasteiger partial charge in [0.1, 0.15) is 10.7 Å². The summed E-state index contributed by atoms with van der Waals surface area (Å²) in [6.07, 6.45) is -0.333. The molecule has 0 fully saturated rings. The second kappa shape index (κ2) is 8.38. The molecule has 3 rings (SSSR count). The van der Waals surface area contributed by atoms with Crippen LogP contribution in [0.1, 0.15) is 34.6 Å². The lowest BCUT2D eigenvalue weighted by molar-refractivity contribution is -0.255. The van der Waals surface area contributed by atoms with Crippen LogP contribution < -0.4 is 15.3 Å². The van der Waals surface area contributed by atoms with Crippen molar-refractivity contribution in [3.05, 3.63) is 70.4 Å². The number of amides is 2. The molecule has 0 aromatic heterocycles. The maximum atomic E-state index is 12.9. The van der Waals surface area contributed by atoms with Gasteiger partial charge in [0.25, 0.3) is 11.8 Å². The molecule has 8 nitrogen and oxygen atoms in total. The van der Waals surface area contributed by atoms with E-state index in [-0.39, 0.29) is 39.3 Å². The van der Waals surface area contributed by atoms with Gasteiger partial charge in [-0.15, -0.1) is 0 Å². The minimum absolute atomic E-state index is 0.110. The lowest BCUT2D eigenvalue weighted by Gasteiger charge is -2.16. The summed E-state index contributed by atoms with van der Waals surface area (Å²) in [4.78, 5) is 49.4. The Kier molecular flexibility index (Phi) is 5.89. The third-order valence-electron chi connectivity index (χ3n) is 4.08. The van der Waals surface area contributed by atoms with E-state index in [1.807, 2.05) is 0 Å². The van der Waals surface area contributed by atoms with Crippen molar-refractivity contribution in [2.75, 3.05) is 10.2 Å². The Balaban J connectivity index is 1.88. The predicted molar refractivity (Wildman–Crippen MR) is 107 cm³/mol. The van der Waals surface area contributed by atoms with Crippen molar-refractivity contribution in [1.82, 2.24) is 0 Å². The average Bonchev–Trinajstić information content (AvgIpc) is 2.91. The van der Waals surface area contributed by atoms with E-state index in [0.29, 0.717) is 0 Å². The summed E-state index contributed by atoms with van der Waals surface area (Å²) in [6.45, 7) is 3.40. The molecule has 1 aliphatic heterocycles. The van der Waals surface area contributed by atoms with Crippen LogP contribution in [0.15, 0.2) is 59.3 Å². The SMILES string of the molecule is CC(C)OC(=O)c1cccc(N2C(=O)C(Cl)=C(Nc3cccc(C(=O)[O-])c3)C2=O)c1. The number of imide groups is 1. The van der Waals surface area contributed by atoms with Crippen molar-refractivity contribution in [3.63, 3.8) is 0 Å². The summed E-state index contributed by atoms with van der Waals surface area (Å²) in [7, 11) is 0. The Labute approximate surface area is 176 Å². The molecule has 0 aliphatic carbocycles. The molecule has 0 atom stereocenters. The van der Waals surface area contributed by atoms with E-state index in [0.717, 1.165) is 4.90 Å². The van der Waals surface area contributed by atoms with Gasteiger partial charge in [0, 0.05) is 5.69 Å². The molecule has 1 N–H and O–H groups in total. The third-order valence-corrected chi connectivity index (χ3v) is 4.43. The van der Waals surface area contributed by atoms with Gasteiger partial charge in [-0.1, -0.05) is 29.8 Å². The number of carboxylic acid groups (broad SMARTS) is 1. The van der Waals surface area contributed by atoms with Crippen LogP contribution >= 0.6 is 11.6 Å². The highest BCUT2D eigenvalue weighted by Gasteiger charge is 2.39. The van der Waals surface area contributed by atoms with Gasteiger partial charge in [-0.05, 0) is 49.7 Å². The highest BCUT2D eigenvalue weighted by atomic mass is 35.5. The number of esters is 1. The first-order chi connectivity index (χ1) is 14.2. The van der Waals surface area contributed by atoms with Crippen LogP contribution in [0.5, 0.6) is 0 Å². The van der Waals surface area contributed by atoms with E-state index in [9.17, 15) is 24.3 Å². The minimum Gasteiger partial charge on any atom is -0.545 e. The van der Waals surface area contributed by atoms with Gasteiger partial charge >= 0.3 is 5.97 Å². The van der Waals surface area contributed by atoms with Gasteiger partial charge in [-0.25, -0.2) is 9.69 Å². The normalized spacial score (nSPS) is 13.8. The molecule has 0 bridgehead atoms. The maximum absolute atomic E-state index is 12.9. The van der Waals surface area contributed by atoms with Crippen molar-refractivity contribution in [3.8, 4) is 0 Å². The molecule has 1 heterocycles. The number of carbonyl (C=O) groups is 4. The zero-order chi connectivity index (χ0) is 22.0. The van der Waals surface area contributed by atoms with Crippen LogP contribution in [-0.4, -0.2) is 29.9 Å². The monoisotopic (exact) mass is 427 g/mol. The zero-order valence-electron chi connectivity index (χ0n) is 16.0. The largest absolute Gasteiger partial charge is 0.545 e. The van der Waals surface area contributed by atoms with Crippen LogP contribution in [0.4, 0.5) is 11.4 Å². The number of rotatable bonds is 6. The minimum atomic E-state index is -1.39. The molecule has 0 unspecified atom stereocenters. The predicted octanol–water partition coefficient (Wildman–Crippen LogP) is 2.05. The number of carboxylic acids is 1. The second-order valence-corrected chi connectivity index (χ2v) is 7.01. The molecule has 0 saturated heterocycles. The van der Waals surface area contributed by atoms with Crippen molar-refractivity contribution < 1.29 is 29.0 Å². The summed E-state index contributed by atoms with van der Waals surface area (Å²) in [5, 5.41) is 13.3. The first-order valence-corrected chi connectivity index (χ1v) is 9.25. The van der Waals surface area contributed by atoms with E-state index in [1.54, 1.807) is 13.8 Å². The number of benzene rings is 2. The van der Waals surface area contributed by atoms with E-state index < -0.39 is 23.8 Å². The highest BCUT2D eigenvalue weighted by molar-refractivity contribution is 6.53. The Hall–Kier alpha value is -3.65. The Bertz CT molecular complexity index is 1090. The lowest BCUT2D eigenvalue weighted by atomic mass is 10.2. The fourth-order valence-electron chi connectivity index (χ4n) is 2.77. The van der Waals surface area contributed by atoms with Crippen molar-refractivity contribution in [2.24, 2.45) is 0 Å². The second-order valence-electron chi connectivity index (χ2n) is 6.63. The van der Waals surface area contributed by atoms with Crippen LogP contribution in [0.25, 0.3) is 0 Å². The molecule has 2 aromatic carbocycles. The fourth-order valence-corrected chi connectivity index (χ4v) is 2.98. The summed E-state index contributed by atoms with van der Waals surface area (Å²) in [6, 6.07) is 11.4. The average molecular weight is 428 g/mol. The zero-order valence-corrected chi connectivity index (χ0v) is 16.7. The molecule has 2 aromatic rings. The molecule has 0 radical (unpaired) electrons. The fraction of sp³-hybridized carbons (Fsp3) is 0.143. The number of anilines is 2. The quantitative estimate of drug-likeness (QED) is 0.554. The molecule has 2 amide bonds. The van der Waals surface area contributed by atoms with Crippen LogP contribution in [0, 0.1) is 0 Å². The van der Waals surface area contributed by atoms with E-state index in [2.05, 4.69) is 5.32 Å². The first kappa shape index (κ1) is 21.1. The van der Waals surface area contributed by atoms with E-state index >= 15 is 0 Å². The summed E-state index contributed by atoms with van der Waals surface area (Å²) < 4.78 is 5.13. The molecule has 9 heteroatoms. The molecule has 30 heavy (non-hydrogen) atoms. The number of nitrogens with zero attached hydrogens (tertiary/aromatic N) is 1. The highest BCUT2D eigenvalue weighted by Crippen LogP contribution is 2.30. The number of nitrogens with one attached hydrogen (secondary N) is 1. The third kappa shape index (κ3) is 4.18. The topological polar surface area (TPSA) is 116 Å². The summed E-state index contributed by atoms with van der Waals surface area (Å²) >= 11 is 6.08. The Morgan fingerprint density at radius 3 is 2.37 bits per heavy atom. The molecule has 154 valence electrons. The van der Waals surface area contributed by atoms with E-state index in [4.69, 9.17) is 16.3 Å². The van der Waals surface area contributed by atoms with Gasteiger partial charge in [0.05, 0.1) is 23.3 Å². The number of hydrogen-bond donors (Lipinski definition) is 1. The summed E-state index contributed by atoms with van der Waals surface area (Å²) in [5.41, 5.74) is 0.221. The molecule has 0 saturated carbocycles. The van der Waals surface area contributed by atoms with Gasteiger partial charge in [0.2, 0.25) is 0 Å². The van der Waals surface area contributed by atoms with Crippen molar-refractivity contribution >= 4 is 46.7 Å². The molecule has 1 aliphatic rings. The standard InChI is InChI=1S/C21H17ClN2O6/c1-11(2)30-21(29)13-6-4-8-15(10-13)24-18(25)16(22)17(19(24)26)23-14-7-3-5-12(9-14)20(27)28/h3-11,23H,1-2H3,(H,27,28)/p-1. The van der Waals surface area contributed by atoms with Crippen molar-refractivity contribution in [2.45, 2.75) is 20.0 Å². The first-order valence-electron chi connectivity index (χ1n) is 8.87. The smallest absolute Gasteiger partial charge is 0.338 e. The number of carbonyl (C=O) groups excluding carboxylic acids is 4. The summed E-state index contributed by atoms with van der Waals surface area (Å²) in [5.74, 6) is -3.52. The van der Waals surface area contributed by atoms with E-state index in [1.165, 1.54) is 48.5 Å². The van der Waals surface area contributed by atoms with Gasteiger partial charge in [-0.2, -0.15) is 0 Å². The number of hydrogen-bond acceptors (Lipinski definition) is 7. The Morgan fingerprint density at radius 2 is 1.70 bits per heavy atom. The number of ether oxygens (including phenoxy) is 1. The van der Waals surface area contributed by atoms with Gasteiger partial charge in [0.15, 0.2) is 0 Å². The lowest BCUT2D eigenvalue weighted by Crippen LogP contribution is -2.32. The number of halogens is 1. The molecule has 0 spiro atoms. The van der Waals surface area contributed by atoms with Crippen LogP contribution in [-0.2, 0) is 14.3 Å². The maximum Gasteiger partial charge on any atom is 0.338 e. The van der Waals surface area contributed by atoms with Crippen LogP contribution in [0.3, 0.4) is 0 Å².